The fourth-order valence-corrected chi connectivity index (χ4v) is 2.95. The van der Waals surface area contributed by atoms with E-state index in [2.05, 4.69) is 0 Å². The third-order valence-electron chi connectivity index (χ3n) is 2.58. The molecule has 18 heavy (non-hydrogen) atoms. The summed E-state index contributed by atoms with van der Waals surface area (Å²) in [6.45, 7) is 0.204. The van der Waals surface area contributed by atoms with Crippen molar-refractivity contribution in [2.75, 3.05) is 27.9 Å². The Balaban J connectivity index is 2.44. The third kappa shape index (κ3) is 3.92. The molecule has 0 aliphatic heterocycles. The van der Waals surface area contributed by atoms with E-state index in [1.165, 1.54) is 21.3 Å². The summed E-state index contributed by atoms with van der Waals surface area (Å²) in [5.74, 6) is -0.359. The van der Waals surface area contributed by atoms with Crippen LogP contribution in [0.5, 0.6) is 0 Å². The first-order chi connectivity index (χ1) is 8.67. The molecule has 0 atom stereocenters. The highest BCUT2D eigenvalue weighted by atomic mass is 28.4. The molecule has 0 unspecified atom stereocenters. The van der Waals surface area contributed by atoms with E-state index in [1.54, 1.807) is 24.3 Å². The highest BCUT2D eigenvalue weighted by Crippen LogP contribution is 2.13. The maximum absolute atomic E-state index is 11.7. The lowest BCUT2D eigenvalue weighted by molar-refractivity contribution is 0.0491. The quantitative estimate of drug-likeness (QED) is 0.558. The van der Waals surface area contributed by atoms with Crippen molar-refractivity contribution < 1.29 is 22.8 Å². The summed E-state index contributed by atoms with van der Waals surface area (Å²) in [5, 5.41) is 0. The minimum atomic E-state index is -2.66. The molecule has 1 rings (SSSR count). The summed E-state index contributed by atoms with van der Waals surface area (Å²) in [6.07, 6.45) is 0. The molecule has 1 aromatic rings. The van der Waals surface area contributed by atoms with Crippen LogP contribution in [0.1, 0.15) is 10.4 Å². The van der Waals surface area contributed by atoms with Gasteiger partial charge in [-0.1, -0.05) is 18.2 Å². The first-order valence-corrected chi connectivity index (χ1v) is 7.48. The maximum atomic E-state index is 11.7. The van der Waals surface area contributed by atoms with E-state index in [9.17, 15) is 4.79 Å². The van der Waals surface area contributed by atoms with Crippen molar-refractivity contribution in [2.45, 2.75) is 6.04 Å². The van der Waals surface area contributed by atoms with Crippen LogP contribution in [0.3, 0.4) is 0 Å². The van der Waals surface area contributed by atoms with Crippen LogP contribution in [-0.4, -0.2) is 42.7 Å². The van der Waals surface area contributed by atoms with E-state index < -0.39 is 8.80 Å². The number of carbonyl (C=O) groups is 1. The minimum absolute atomic E-state index is 0.204. The van der Waals surface area contributed by atoms with Crippen LogP contribution in [0, 0.1) is 0 Å². The number of benzene rings is 1. The standard InChI is InChI=1S/C12H18O5Si/c1-14-18(15-2,16-3)10-9-17-12(13)11-7-5-4-6-8-11/h4-8H,9-10H2,1-3H3. The van der Waals surface area contributed by atoms with Crippen molar-refractivity contribution in [1.29, 1.82) is 0 Å². The molecule has 6 heteroatoms. The number of carbonyl (C=O) groups excluding carboxylic acids is 1. The van der Waals surface area contributed by atoms with Gasteiger partial charge in [0.2, 0.25) is 0 Å². The molecule has 0 N–H and O–H groups in total. The summed E-state index contributed by atoms with van der Waals surface area (Å²) in [6, 6.07) is 9.25. The highest BCUT2D eigenvalue weighted by Gasteiger charge is 2.37. The third-order valence-corrected chi connectivity index (χ3v) is 5.27. The first-order valence-electron chi connectivity index (χ1n) is 5.55. The van der Waals surface area contributed by atoms with Gasteiger partial charge in [0.25, 0.3) is 0 Å². The van der Waals surface area contributed by atoms with Crippen LogP contribution >= 0.6 is 0 Å². The van der Waals surface area contributed by atoms with E-state index in [4.69, 9.17) is 18.0 Å². The highest BCUT2D eigenvalue weighted by molar-refractivity contribution is 6.60. The summed E-state index contributed by atoms with van der Waals surface area (Å²) >= 11 is 0. The number of rotatable bonds is 7. The van der Waals surface area contributed by atoms with Gasteiger partial charge in [0, 0.05) is 21.3 Å². The molecule has 1 aromatic carbocycles. The molecule has 0 spiro atoms. The van der Waals surface area contributed by atoms with Crippen LogP contribution in [0.15, 0.2) is 30.3 Å². The lowest BCUT2D eigenvalue weighted by Crippen LogP contribution is -2.43. The van der Waals surface area contributed by atoms with Crippen LogP contribution in [0.25, 0.3) is 0 Å². The Kier molecular flexibility index (Phi) is 6.00. The van der Waals surface area contributed by atoms with Gasteiger partial charge in [0.05, 0.1) is 18.2 Å². The molecule has 0 aromatic heterocycles. The Morgan fingerprint density at radius 1 is 1.06 bits per heavy atom. The van der Waals surface area contributed by atoms with E-state index in [1.807, 2.05) is 6.07 Å². The Morgan fingerprint density at radius 2 is 1.61 bits per heavy atom. The second-order valence-electron chi connectivity index (χ2n) is 3.55. The van der Waals surface area contributed by atoms with Crippen molar-refractivity contribution in [3.05, 3.63) is 35.9 Å². The number of hydrogen-bond donors (Lipinski definition) is 0. The SMILES string of the molecule is CO[Si](CCOC(=O)c1ccccc1)(OC)OC. The zero-order valence-electron chi connectivity index (χ0n) is 10.8. The fraction of sp³-hybridized carbons (Fsp3) is 0.417. The summed E-state index contributed by atoms with van der Waals surface area (Å²) in [5.41, 5.74) is 0.525. The molecule has 0 fully saturated rings. The smallest absolute Gasteiger partial charge is 0.462 e. The van der Waals surface area contributed by atoms with Gasteiger partial charge < -0.3 is 18.0 Å². The van der Waals surface area contributed by atoms with Crippen LogP contribution in [-0.2, 0) is 18.0 Å². The Hall–Kier alpha value is -1.21. The monoisotopic (exact) mass is 270 g/mol. The summed E-state index contributed by atoms with van der Waals surface area (Å²) < 4.78 is 20.8. The molecular weight excluding hydrogens is 252 g/mol. The zero-order chi connectivity index (χ0) is 13.4. The van der Waals surface area contributed by atoms with E-state index in [0.29, 0.717) is 11.6 Å². The minimum Gasteiger partial charge on any atom is -0.462 e. The van der Waals surface area contributed by atoms with Crippen molar-refractivity contribution in [3.63, 3.8) is 0 Å². The van der Waals surface area contributed by atoms with Gasteiger partial charge in [-0.2, -0.15) is 0 Å². The predicted molar refractivity (Wildman–Crippen MR) is 68.3 cm³/mol. The molecule has 0 saturated heterocycles. The molecule has 0 aliphatic carbocycles. The van der Waals surface area contributed by atoms with Gasteiger partial charge in [-0.3, -0.25) is 0 Å². The number of ether oxygens (including phenoxy) is 1. The average Bonchev–Trinajstić information content (AvgIpc) is 2.45. The average molecular weight is 270 g/mol. The second kappa shape index (κ2) is 7.27. The molecule has 0 heterocycles. The number of hydrogen-bond acceptors (Lipinski definition) is 5. The van der Waals surface area contributed by atoms with Gasteiger partial charge in [-0.25, -0.2) is 4.79 Å². The van der Waals surface area contributed by atoms with E-state index in [0.717, 1.165) is 0 Å². The molecular formula is C12H18O5Si. The Labute approximate surface area is 108 Å². The zero-order valence-corrected chi connectivity index (χ0v) is 11.8. The van der Waals surface area contributed by atoms with Gasteiger partial charge in [0.15, 0.2) is 0 Å². The molecule has 5 nitrogen and oxygen atoms in total. The lowest BCUT2D eigenvalue weighted by atomic mass is 10.2. The molecule has 0 amide bonds. The molecule has 100 valence electrons. The number of esters is 1. The van der Waals surface area contributed by atoms with Gasteiger partial charge in [0.1, 0.15) is 0 Å². The van der Waals surface area contributed by atoms with Crippen molar-refractivity contribution in [1.82, 2.24) is 0 Å². The van der Waals surface area contributed by atoms with Crippen LogP contribution < -0.4 is 0 Å². The maximum Gasteiger partial charge on any atom is 0.503 e. The van der Waals surface area contributed by atoms with Crippen molar-refractivity contribution >= 4 is 14.8 Å². The van der Waals surface area contributed by atoms with Crippen molar-refractivity contribution in [3.8, 4) is 0 Å². The second-order valence-corrected chi connectivity index (χ2v) is 6.64. The molecule has 0 saturated carbocycles. The van der Waals surface area contributed by atoms with E-state index >= 15 is 0 Å². The largest absolute Gasteiger partial charge is 0.503 e. The van der Waals surface area contributed by atoms with Crippen molar-refractivity contribution in [2.24, 2.45) is 0 Å². The van der Waals surface area contributed by atoms with Gasteiger partial charge >= 0.3 is 14.8 Å². The summed E-state index contributed by atoms with van der Waals surface area (Å²) in [4.78, 5) is 11.7. The Bertz CT molecular complexity index is 356. The molecule has 0 radical (unpaired) electrons. The molecule has 0 aliphatic rings. The summed E-state index contributed by atoms with van der Waals surface area (Å²) in [7, 11) is 1.92. The fourth-order valence-electron chi connectivity index (χ4n) is 1.48. The van der Waals surface area contributed by atoms with E-state index in [-0.39, 0.29) is 12.6 Å². The van der Waals surface area contributed by atoms with Crippen LogP contribution in [0.4, 0.5) is 0 Å². The molecule has 0 bridgehead atoms. The predicted octanol–water partition coefficient (Wildman–Crippen LogP) is 1.72. The van der Waals surface area contributed by atoms with Crippen LogP contribution in [0.2, 0.25) is 6.04 Å². The normalized spacial score (nSPS) is 11.3. The topological polar surface area (TPSA) is 54.0 Å². The lowest BCUT2D eigenvalue weighted by Gasteiger charge is -2.23. The Morgan fingerprint density at radius 3 is 2.11 bits per heavy atom. The van der Waals surface area contributed by atoms with Gasteiger partial charge in [-0.15, -0.1) is 0 Å². The first kappa shape index (κ1) is 14.8. The van der Waals surface area contributed by atoms with Gasteiger partial charge in [-0.05, 0) is 12.1 Å².